The first-order valence-electron chi connectivity index (χ1n) is 10.5. The van der Waals surface area contributed by atoms with Gasteiger partial charge in [0.2, 0.25) is 0 Å². The molecule has 0 amide bonds. The molecule has 1 aliphatic rings. The molecule has 0 bridgehead atoms. The molecule has 1 N–H and O–H groups in total. The Kier molecular flexibility index (Phi) is 12.7. The lowest BCUT2D eigenvalue weighted by Crippen LogP contribution is -2.44. The fraction of sp³-hybridized carbons (Fsp3) is 0.682. The maximum absolute atomic E-state index is 5.53. The number of nitrogens with zero attached hydrogens (tertiary/aromatic N) is 3. The third kappa shape index (κ3) is 8.25. The molecule has 2 rings (SSSR count). The van der Waals surface area contributed by atoms with E-state index >= 15 is 0 Å². The molecule has 1 saturated heterocycles. The SMILES string of the molecule is CCNC(=NCC(Cc1ccccc1)N(CC)CC)N(C)CC1CCOC1.I. The van der Waals surface area contributed by atoms with Crippen LogP contribution in [0.5, 0.6) is 0 Å². The number of rotatable bonds is 10. The second-order valence-electron chi connectivity index (χ2n) is 7.37. The van der Waals surface area contributed by atoms with E-state index in [1.54, 1.807) is 0 Å². The summed E-state index contributed by atoms with van der Waals surface area (Å²) in [6, 6.07) is 11.2. The van der Waals surface area contributed by atoms with Crippen molar-refractivity contribution in [3.8, 4) is 0 Å². The van der Waals surface area contributed by atoms with Crippen LogP contribution in [0.1, 0.15) is 32.8 Å². The number of likely N-dealkylation sites (N-methyl/N-ethyl adjacent to an activating group) is 1. The lowest BCUT2D eigenvalue weighted by atomic mass is 10.0. The van der Waals surface area contributed by atoms with Gasteiger partial charge in [-0.05, 0) is 38.4 Å². The zero-order valence-corrected chi connectivity index (χ0v) is 20.4. The minimum atomic E-state index is 0. The first-order chi connectivity index (χ1) is 13.2. The number of benzene rings is 1. The topological polar surface area (TPSA) is 40.1 Å². The number of ether oxygens (including phenoxy) is 1. The minimum absolute atomic E-state index is 0. The molecule has 28 heavy (non-hydrogen) atoms. The van der Waals surface area contributed by atoms with Crippen LogP contribution >= 0.6 is 24.0 Å². The van der Waals surface area contributed by atoms with E-state index in [0.717, 1.165) is 64.7 Å². The van der Waals surface area contributed by atoms with Gasteiger partial charge in [-0.15, -0.1) is 24.0 Å². The summed E-state index contributed by atoms with van der Waals surface area (Å²) >= 11 is 0. The van der Waals surface area contributed by atoms with Gasteiger partial charge in [0.05, 0.1) is 13.2 Å². The maximum Gasteiger partial charge on any atom is 0.193 e. The molecule has 0 spiro atoms. The molecule has 6 heteroatoms. The fourth-order valence-corrected chi connectivity index (χ4v) is 3.80. The smallest absolute Gasteiger partial charge is 0.193 e. The quantitative estimate of drug-likeness (QED) is 0.302. The van der Waals surface area contributed by atoms with Crippen LogP contribution in [-0.2, 0) is 11.2 Å². The number of halogens is 1. The predicted molar refractivity (Wildman–Crippen MR) is 130 cm³/mol. The maximum atomic E-state index is 5.53. The molecular weight excluding hydrogens is 463 g/mol. The summed E-state index contributed by atoms with van der Waals surface area (Å²) in [4.78, 5) is 9.80. The van der Waals surface area contributed by atoms with Gasteiger partial charge in [-0.3, -0.25) is 9.89 Å². The molecule has 0 saturated carbocycles. The van der Waals surface area contributed by atoms with Crippen LogP contribution in [0.25, 0.3) is 0 Å². The van der Waals surface area contributed by atoms with Gasteiger partial charge in [0.1, 0.15) is 0 Å². The second-order valence-corrected chi connectivity index (χ2v) is 7.37. The van der Waals surface area contributed by atoms with Crippen molar-refractivity contribution >= 4 is 29.9 Å². The van der Waals surface area contributed by atoms with Crippen LogP contribution < -0.4 is 5.32 Å². The second kappa shape index (κ2) is 14.2. The molecule has 1 aromatic carbocycles. The van der Waals surface area contributed by atoms with Crippen molar-refractivity contribution in [2.75, 3.05) is 53.0 Å². The van der Waals surface area contributed by atoms with Crippen LogP contribution in [0, 0.1) is 5.92 Å². The lowest BCUT2D eigenvalue weighted by molar-refractivity contribution is 0.181. The van der Waals surface area contributed by atoms with E-state index in [0.29, 0.717) is 12.0 Å². The summed E-state index contributed by atoms with van der Waals surface area (Å²) in [5.74, 6) is 1.62. The third-order valence-electron chi connectivity index (χ3n) is 5.35. The molecule has 2 atom stereocenters. The van der Waals surface area contributed by atoms with E-state index in [-0.39, 0.29) is 24.0 Å². The summed E-state index contributed by atoms with van der Waals surface area (Å²) < 4.78 is 5.53. The van der Waals surface area contributed by atoms with E-state index in [4.69, 9.17) is 9.73 Å². The Hall–Kier alpha value is -0.860. The highest BCUT2D eigenvalue weighted by Gasteiger charge is 2.20. The number of aliphatic imine (C=N–C) groups is 1. The van der Waals surface area contributed by atoms with Crippen LogP contribution in [0.15, 0.2) is 35.3 Å². The summed E-state index contributed by atoms with van der Waals surface area (Å²) in [7, 11) is 2.14. The van der Waals surface area contributed by atoms with E-state index < -0.39 is 0 Å². The molecule has 0 aromatic heterocycles. The van der Waals surface area contributed by atoms with E-state index in [1.165, 1.54) is 5.56 Å². The summed E-state index contributed by atoms with van der Waals surface area (Å²) in [6.45, 7) is 13.2. The normalized spacial score (nSPS) is 18.0. The third-order valence-corrected chi connectivity index (χ3v) is 5.35. The van der Waals surface area contributed by atoms with Crippen LogP contribution in [-0.4, -0.2) is 74.8 Å². The van der Waals surface area contributed by atoms with Crippen molar-refractivity contribution in [1.29, 1.82) is 0 Å². The highest BCUT2D eigenvalue weighted by Crippen LogP contribution is 2.14. The lowest BCUT2D eigenvalue weighted by Gasteiger charge is -2.30. The number of guanidine groups is 1. The molecule has 1 aliphatic heterocycles. The number of hydrogen-bond acceptors (Lipinski definition) is 3. The highest BCUT2D eigenvalue weighted by molar-refractivity contribution is 14.0. The minimum Gasteiger partial charge on any atom is -0.381 e. The van der Waals surface area contributed by atoms with Gasteiger partial charge in [-0.25, -0.2) is 0 Å². The largest absolute Gasteiger partial charge is 0.381 e. The van der Waals surface area contributed by atoms with Crippen molar-refractivity contribution in [3.63, 3.8) is 0 Å². The standard InChI is InChI=1S/C22H38N4O.HI/c1-5-23-22(25(4)17-20-13-14-27-18-20)24-16-21(26(6-2)7-3)15-19-11-9-8-10-12-19;/h8-12,20-21H,5-7,13-18H2,1-4H3,(H,23,24);1H. The van der Waals surface area contributed by atoms with Gasteiger partial charge in [0.15, 0.2) is 5.96 Å². The fourth-order valence-electron chi connectivity index (χ4n) is 3.80. The molecule has 0 radical (unpaired) electrons. The van der Waals surface area contributed by atoms with E-state index in [1.807, 2.05) is 0 Å². The number of nitrogens with one attached hydrogen (secondary N) is 1. The van der Waals surface area contributed by atoms with Gasteiger partial charge in [0.25, 0.3) is 0 Å². The Balaban J connectivity index is 0.00000392. The molecule has 2 unspecified atom stereocenters. The molecule has 5 nitrogen and oxygen atoms in total. The predicted octanol–water partition coefficient (Wildman–Crippen LogP) is 3.49. The van der Waals surface area contributed by atoms with Gasteiger partial charge in [-0.2, -0.15) is 0 Å². The van der Waals surface area contributed by atoms with Gasteiger partial charge in [0, 0.05) is 38.7 Å². The van der Waals surface area contributed by atoms with Crippen molar-refractivity contribution in [3.05, 3.63) is 35.9 Å². The summed E-state index contributed by atoms with van der Waals surface area (Å²) in [5.41, 5.74) is 1.38. The molecule has 1 heterocycles. The van der Waals surface area contributed by atoms with E-state index in [2.05, 4.69) is 73.3 Å². The van der Waals surface area contributed by atoms with E-state index in [9.17, 15) is 0 Å². The molecule has 160 valence electrons. The van der Waals surface area contributed by atoms with Crippen molar-refractivity contribution in [1.82, 2.24) is 15.1 Å². The summed E-state index contributed by atoms with van der Waals surface area (Å²) in [6.07, 6.45) is 2.19. The first kappa shape index (κ1) is 25.2. The zero-order valence-electron chi connectivity index (χ0n) is 18.1. The monoisotopic (exact) mass is 502 g/mol. The molecule has 1 fully saturated rings. The average Bonchev–Trinajstić information content (AvgIpc) is 3.19. The van der Waals surface area contributed by atoms with Crippen LogP contribution in [0.4, 0.5) is 0 Å². The Morgan fingerprint density at radius 1 is 1.21 bits per heavy atom. The van der Waals surface area contributed by atoms with Crippen molar-refractivity contribution in [2.45, 2.75) is 39.7 Å². The highest BCUT2D eigenvalue weighted by atomic mass is 127. The van der Waals surface area contributed by atoms with Gasteiger partial charge < -0.3 is 15.0 Å². The average molecular weight is 502 g/mol. The molecule has 0 aliphatic carbocycles. The number of hydrogen-bond donors (Lipinski definition) is 1. The Morgan fingerprint density at radius 2 is 1.93 bits per heavy atom. The van der Waals surface area contributed by atoms with Crippen LogP contribution in [0.2, 0.25) is 0 Å². The molecular formula is C22H39IN4O. The zero-order chi connectivity index (χ0) is 19.5. The van der Waals surface area contributed by atoms with Gasteiger partial charge in [-0.1, -0.05) is 44.2 Å². The molecule has 1 aromatic rings. The first-order valence-corrected chi connectivity index (χ1v) is 10.5. The Morgan fingerprint density at radius 3 is 2.50 bits per heavy atom. The van der Waals surface area contributed by atoms with Crippen molar-refractivity contribution in [2.24, 2.45) is 10.9 Å². The van der Waals surface area contributed by atoms with Crippen molar-refractivity contribution < 1.29 is 4.74 Å². The van der Waals surface area contributed by atoms with Crippen LogP contribution in [0.3, 0.4) is 0 Å². The Labute approximate surface area is 188 Å². The van der Waals surface area contributed by atoms with Gasteiger partial charge >= 0.3 is 0 Å². The summed E-state index contributed by atoms with van der Waals surface area (Å²) in [5, 5.41) is 3.47. The Bertz CT molecular complexity index is 545.